The van der Waals surface area contributed by atoms with Crippen molar-refractivity contribution >= 4 is 11.6 Å². The molecule has 0 spiro atoms. The largest absolute Gasteiger partial charge is 0.493 e. The molecule has 1 aliphatic rings. The maximum atomic E-state index is 12.7. The van der Waals surface area contributed by atoms with E-state index < -0.39 is 0 Å². The van der Waals surface area contributed by atoms with Crippen LogP contribution >= 0.6 is 0 Å². The summed E-state index contributed by atoms with van der Waals surface area (Å²) in [4.78, 5) is 17.6. The van der Waals surface area contributed by atoms with Crippen LogP contribution in [0.5, 0.6) is 11.5 Å². The van der Waals surface area contributed by atoms with E-state index in [1.807, 2.05) is 6.07 Å². The van der Waals surface area contributed by atoms with Crippen molar-refractivity contribution in [2.24, 2.45) is 0 Å². The smallest absolute Gasteiger partial charge is 0.251 e. The Morgan fingerprint density at radius 1 is 1.10 bits per heavy atom. The number of para-hydroxylation sites is 1. The highest BCUT2D eigenvalue weighted by Crippen LogP contribution is 2.33. The topological polar surface area (TPSA) is 54.0 Å². The Bertz CT molecular complexity index is 862. The highest BCUT2D eigenvalue weighted by Gasteiger charge is 2.18. The first kappa shape index (κ1) is 22.7. The van der Waals surface area contributed by atoms with Gasteiger partial charge in [-0.3, -0.25) is 9.69 Å². The third-order valence-corrected chi connectivity index (χ3v) is 5.61. The number of anilines is 1. The van der Waals surface area contributed by atoms with Crippen LogP contribution in [0.1, 0.15) is 22.3 Å². The average molecular weight is 424 g/mol. The van der Waals surface area contributed by atoms with Crippen molar-refractivity contribution in [3.63, 3.8) is 0 Å². The van der Waals surface area contributed by atoms with Gasteiger partial charge < -0.3 is 19.7 Å². The van der Waals surface area contributed by atoms with E-state index in [0.29, 0.717) is 30.0 Å². The van der Waals surface area contributed by atoms with Gasteiger partial charge in [-0.1, -0.05) is 24.3 Å². The second-order valence-electron chi connectivity index (χ2n) is 7.64. The summed E-state index contributed by atoms with van der Waals surface area (Å²) in [5, 5.41) is 3.03. The number of ether oxygens (including phenoxy) is 2. The molecule has 1 aliphatic heterocycles. The van der Waals surface area contributed by atoms with Crippen LogP contribution in [0.15, 0.2) is 55.1 Å². The van der Waals surface area contributed by atoms with Crippen LogP contribution in [-0.4, -0.2) is 64.3 Å². The zero-order chi connectivity index (χ0) is 22.1. The maximum absolute atomic E-state index is 12.7. The molecular weight excluding hydrogens is 390 g/mol. The van der Waals surface area contributed by atoms with Gasteiger partial charge in [0.05, 0.1) is 14.2 Å². The molecule has 166 valence electrons. The molecule has 0 bridgehead atoms. The number of amides is 1. The van der Waals surface area contributed by atoms with Gasteiger partial charge in [0.2, 0.25) is 0 Å². The minimum Gasteiger partial charge on any atom is -0.493 e. The molecule has 6 nitrogen and oxygen atoms in total. The van der Waals surface area contributed by atoms with E-state index in [-0.39, 0.29) is 5.91 Å². The van der Waals surface area contributed by atoms with Gasteiger partial charge in [-0.2, -0.15) is 0 Å². The van der Waals surface area contributed by atoms with Gasteiger partial charge in [0, 0.05) is 49.5 Å². The highest BCUT2D eigenvalue weighted by molar-refractivity contribution is 5.95. The summed E-state index contributed by atoms with van der Waals surface area (Å²) in [6.45, 7) is 9.57. The van der Waals surface area contributed by atoms with Gasteiger partial charge in [0.1, 0.15) is 0 Å². The average Bonchev–Trinajstić information content (AvgIpc) is 2.82. The van der Waals surface area contributed by atoms with E-state index in [2.05, 4.69) is 52.0 Å². The molecule has 0 radical (unpaired) electrons. The number of piperazine rings is 1. The lowest BCUT2D eigenvalue weighted by atomic mass is 10.0. The molecule has 0 aliphatic carbocycles. The van der Waals surface area contributed by atoms with E-state index in [9.17, 15) is 4.79 Å². The van der Waals surface area contributed by atoms with Crippen molar-refractivity contribution in [1.82, 2.24) is 10.2 Å². The standard InChI is InChI=1S/C25H33N3O3/c1-4-9-20-18-21(19-23(30-2)24(20)31-3)25(29)26-12-8-13-27-14-16-28(17-15-27)22-10-6-5-7-11-22/h4-7,10-11,18-19H,1,8-9,12-17H2,2-3H3,(H,26,29). The second-order valence-corrected chi connectivity index (χ2v) is 7.64. The third-order valence-electron chi connectivity index (χ3n) is 5.61. The van der Waals surface area contributed by atoms with Crippen LogP contribution in [0, 0.1) is 0 Å². The summed E-state index contributed by atoms with van der Waals surface area (Å²) in [5.74, 6) is 1.11. The number of hydrogen-bond acceptors (Lipinski definition) is 5. The highest BCUT2D eigenvalue weighted by atomic mass is 16.5. The van der Waals surface area contributed by atoms with Gasteiger partial charge in [0.25, 0.3) is 5.91 Å². The van der Waals surface area contributed by atoms with Gasteiger partial charge in [-0.25, -0.2) is 0 Å². The molecule has 0 unspecified atom stereocenters. The summed E-state index contributed by atoms with van der Waals surface area (Å²) in [6, 6.07) is 14.1. The second kappa shape index (κ2) is 11.4. The van der Waals surface area contributed by atoms with E-state index >= 15 is 0 Å². The van der Waals surface area contributed by atoms with Gasteiger partial charge in [-0.05, 0) is 43.7 Å². The lowest BCUT2D eigenvalue weighted by Gasteiger charge is -2.36. The van der Waals surface area contributed by atoms with Crippen LogP contribution in [0.3, 0.4) is 0 Å². The lowest BCUT2D eigenvalue weighted by molar-refractivity contribution is 0.0951. The number of methoxy groups -OCH3 is 2. The molecule has 6 heteroatoms. The van der Waals surface area contributed by atoms with Crippen molar-refractivity contribution in [3.8, 4) is 11.5 Å². The Kier molecular flexibility index (Phi) is 8.35. The number of allylic oxidation sites excluding steroid dienone is 1. The van der Waals surface area contributed by atoms with Crippen molar-refractivity contribution in [3.05, 3.63) is 66.2 Å². The zero-order valence-corrected chi connectivity index (χ0v) is 18.6. The van der Waals surface area contributed by atoms with Gasteiger partial charge in [0.15, 0.2) is 11.5 Å². The van der Waals surface area contributed by atoms with Crippen LogP contribution in [0.4, 0.5) is 5.69 Å². The van der Waals surface area contributed by atoms with Crippen LogP contribution in [0.2, 0.25) is 0 Å². The number of carbonyl (C=O) groups excluding carboxylic acids is 1. The number of rotatable bonds is 10. The molecule has 2 aromatic carbocycles. The summed E-state index contributed by atoms with van der Waals surface area (Å²) in [7, 11) is 3.18. The number of benzene rings is 2. The van der Waals surface area contributed by atoms with Crippen molar-refractivity contribution in [1.29, 1.82) is 0 Å². The molecule has 1 saturated heterocycles. The molecule has 31 heavy (non-hydrogen) atoms. The van der Waals surface area contributed by atoms with Crippen molar-refractivity contribution < 1.29 is 14.3 Å². The van der Waals surface area contributed by atoms with Gasteiger partial charge in [-0.15, -0.1) is 6.58 Å². The van der Waals surface area contributed by atoms with Crippen LogP contribution < -0.4 is 19.7 Å². The first-order chi connectivity index (χ1) is 15.2. The number of hydrogen-bond donors (Lipinski definition) is 1. The molecule has 2 aromatic rings. The normalized spacial score (nSPS) is 14.2. The first-order valence-corrected chi connectivity index (χ1v) is 10.8. The molecular formula is C25H33N3O3. The fourth-order valence-corrected chi connectivity index (χ4v) is 3.96. The summed E-state index contributed by atoms with van der Waals surface area (Å²) >= 11 is 0. The molecule has 0 saturated carbocycles. The van der Waals surface area contributed by atoms with E-state index in [0.717, 1.165) is 44.7 Å². The molecule has 1 amide bonds. The SMILES string of the molecule is C=CCc1cc(C(=O)NCCCN2CCN(c3ccccc3)CC2)cc(OC)c1OC. The van der Waals surface area contributed by atoms with Crippen LogP contribution in [-0.2, 0) is 6.42 Å². The molecule has 3 rings (SSSR count). The van der Waals surface area contributed by atoms with Crippen molar-refractivity contribution in [2.45, 2.75) is 12.8 Å². The number of nitrogens with one attached hydrogen (secondary N) is 1. The predicted molar refractivity (Wildman–Crippen MR) is 125 cm³/mol. The number of nitrogens with zero attached hydrogens (tertiary/aromatic N) is 2. The molecule has 1 N–H and O–H groups in total. The fourth-order valence-electron chi connectivity index (χ4n) is 3.96. The van der Waals surface area contributed by atoms with E-state index in [1.165, 1.54) is 5.69 Å². The number of carbonyl (C=O) groups is 1. The minimum atomic E-state index is -0.0971. The summed E-state index contributed by atoms with van der Waals surface area (Å²) in [5.41, 5.74) is 2.75. The Morgan fingerprint density at radius 2 is 1.84 bits per heavy atom. The zero-order valence-electron chi connectivity index (χ0n) is 18.6. The fraction of sp³-hybridized carbons (Fsp3) is 0.400. The van der Waals surface area contributed by atoms with Gasteiger partial charge >= 0.3 is 0 Å². The Balaban J connectivity index is 1.45. The minimum absolute atomic E-state index is 0.0971. The summed E-state index contributed by atoms with van der Waals surface area (Å²) < 4.78 is 10.9. The van der Waals surface area contributed by atoms with Crippen LogP contribution in [0.25, 0.3) is 0 Å². The van der Waals surface area contributed by atoms with E-state index in [1.54, 1.807) is 26.4 Å². The Labute approximate surface area is 185 Å². The Hall–Kier alpha value is -2.99. The first-order valence-electron chi connectivity index (χ1n) is 10.8. The molecule has 0 atom stereocenters. The maximum Gasteiger partial charge on any atom is 0.251 e. The lowest BCUT2D eigenvalue weighted by Crippen LogP contribution is -2.47. The van der Waals surface area contributed by atoms with Crippen molar-refractivity contribution in [2.75, 3.05) is 58.4 Å². The quantitative estimate of drug-likeness (QED) is 0.469. The van der Waals surface area contributed by atoms with E-state index in [4.69, 9.17) is 9.47 Å². The third kappa shape index (κ3) is 6.01. The predicted octanol–water partition coefficient (Wildman–Crippen LogP) is 3.37. The monoisotopic (exact) mass is 423 g/mol. The Morgan fingerprint density at radius 3 is 2.48 bits per heavy atom. The molecule has 1 fully saturated rings. The molecule has 1 heterocycles. The molecule has 0 aromatic heterocycles. The summed E-state index contributed by atoms with van der Waals surface area (Å²) in [6.07, 6.45) is 3.32.